The van der Waals surface area contributed by atoms with Gasteiger partial charge in [0.1, 0.15) is 6.73 Å². The van der Waals surface area contributed by atoms with E-state index in [2.05, 4.69) is 4.98 Å². The lowest BCUT2D eigenvalue weighted by Gasteiger charge is -2.18. The molecule has 1 heterocycles. The van der Waals surface area contributed by atoms with Crippen molar-refractivity contribution in [2.75, 3.05) is 13.2 Å². The molecule has 2 aromatic rings. The number of H-pyrrole nitrogens is 1. The number of nitrogens with zero attached hydrogens (tertiary/aromatic N) is 1. The number of aliphatic hydroxyl groups is 1. The summed E-state index contributed by atoms with van der Waals surface area (Å²) in [5.41, 5.74) is 0.978. The van der Waals surface area contributed by atoms with Gasteiger partial charge in [-0.15, -0.1) is 0 Å². The minimum atomic E-state index is -0.522. The van der Waals surface area contributed by atoms with E-state index in [-0.39, 0.29) is 31.4 Å². The van der Waals surface area contributed by atoms with Gasteiger partial charge < -0.3 is 9.84 Å². The molecule has 0 atom stereocenters. The number of aromatic amines is 1. The molecule has 0 radical (unpaired) electrons. The second-order valence-corrected chi connectivity index (χ2v) is 5.23. The first-order valence-electron chi connectivity index (χ1n) is 7.17. The molecule has 6 nitrogen and oxygen atoms in total. The summed E-state index contributed by atoms with van der Waals surface area (Å²) in [6.07, 6.45) is 0. The first-order chi connectivity index (χ1) is 10.6. The van der Waals surface area contributed by atoms with Crippen molar-refractivity contribution >= 4 is 0 Å². The Bertz CT molecular complexity index is 732. The van der Waals surface area contributed by atoms with Gasteiger partial charge in [0.05, 0.1) is 18.9 Å². The molecule has 0 aliphatic heterocycles. The summed E-state index contributed by atoms with van der Waals surface area (Å²) in [5, 5.41) is 8.82. The fourth-order valence-electron chi connectivity index (χ4n) is 2.37. The van der Waals surface area contributed by atoms with Gasteiger partial charge in [-0.1, -0.05) is 44.2 Å². The molecule has 0 amide bonds. The second-order valence-electron chi connectivity index (χ2n) is 5.23. The third kappa shape index (κ3) is 3.35. The monoisotopic (exact) mass is 304 g/mol. The third-order valence-electron chi connectivity index (χ3n) is 3.32. The predicted molar refractivity (Wildman–Crippen MR) is 83.9 cm³/mol. The van der Waals surface area contributed by atoms with E-state index < -0.39 is 5.69 Å². The minimum Gasteiger partial charge on any atom is -0.394 e. The van der Waals surface area contributed by atoms with Crippen LogP contribution in [0.1, 0.15) is 25.3 Å². The SMILES string of the molecule is CC(C)c1c(-c2ccccc2)n(COCCO)c(=O)[nH]c1=O. The highest BCUT2D eigenvalue weighted by molar-refractivity contribution is 5.63. The maximum Gasteiger partial charge on any atom is 0.330 e. The predicted octanol–water partition coefficient (Wildman–Crippen LogP) is 1.29. The number of hydrogen-bond acceptors (Lipinski definition) is 4. The van der Waals surface area contributed by atoms with Crippen molar-refractivity contribution in [3.05, 3.63) is 56.7 Å². The van der Waals surface area contributed by atoms with E-state index in [1.165, 1.54) is 4.57 Å². The number of benzene rings is 1. The molecule has 0 aliphatic rings. The van der Waals surface area contributed by atoms with E-state index in [0.29, 0.717) is 11.3 Å². The van der Waals surface area contributed by atoms with E-state index in [1.807, 2.05) is 44.2 Å². The number of ether oxygens (including phenoxy) is 1. The summed E-state index contributed by atoms with van der Waals surface area (Å²) < 4.78 is 6.67. The molecule has 0 fully saturated rings. The number of aliphatic hydroxyl groups excluding tert-OH is 1. The van der Waals surface area contributed by atoms with Crippen molar-refractivity contribution in [2.45, 2.75) is 26.5 Å². The van der Waals surface area contributed by atoms with Crippen LogP contribution in [0.3, 0.4) is 0 Å². The Labute approximate surface area is 128 Å². The van der Waals surface area contributed by atoms with Crippen LogP contribution in [0.4, 0.5) is 0 Å². The zero-order chi connectivity index (χ0) is 16.1. The van der Waals surface area contributed by atoms with Crippen molar-refractivity contribution < 1.29 is 9.84 Å². The molecule has 118 valence electrons. The van der Waals surface area contributed by atoms with Crippen LogP contribution >= 0.6 is 0 Å². The number of nitrogens with one attached hydrogen (secondary N) is 1. The Balaban J connectivity index is 2.68. The molecular weight excluding hydrogens is 284 g/mol. The van der Waals surface area contributed by atoms with Crippen LogP contribution in [0, 0.1) is 0 Å². The fraction of sp³-hybridized carbons (Fsp3) is 0.375. The van der Waals surface area contributed by atoms with Gasteiger partial charge >= 0.3 is 5.69 Å². The average molecular weight is 304 g/mol. The Morgan fingerprint density at radius 1 is 1.23 bits per heavy atom. The zero-order valence-electron chi connectivity index (χ0n) is 12.7. The molecule has 1 aromatic heterocycles. The van der Waals surface area contributed by atoms with Crippen LogP contribution < -0.4 is 11.2 Å². The van der Waals surface area contributed by atoms with Crippen molar-refractivity contribution in [3.63, 3.8) is 0 Å². The highest BCUT2D eigenvalue weighted by atomic mass is 16.5. The van der Waals surface area contributed by atoms with E-state index in [1.54, 1.807) is 0 Å². The summed E-state index contributed by atoms with van der Waals surface area (Å²) in [7, 11) is 0. The van der Waals surface area contributed by atoms with Gasteiger partial charge in [0.2, 0.25) is 0 Å². The van der Waals surface area contributed by atoms with Crippen LogP contribution in [0.5, 0.6) is 0 Å². The molecule has 0 saturated heterocycles. The topological polar surface area (TPSA) is 84.3 Å². The lowest BCUT2D eigenvalue weighted by molar-refractivity contribution is 0.0464. The molecule has 0 aliphatic carbocycles. The largest absolute Gasteiger partial charge is 0.394 e. The number of rotatable bonds is 6. The minimum absolute atomic E-state index is 0.0277. The van der Waals surface area contributed by atoms with Crippen molar-refractivity contribution in [3.8, 4) is 11.3 Å². The average Bonchev–Trinajstić information content (AvgIpc) is 2.49. The Morgan fingerprint density at radius 2 is 1.91 bits per heavy atom. The number of hydrogen-bond donors (Lipinski definition) is 2. The lowest BCUT2D eigenvalue weighted by Crippen LogP contribution is -2.35. The van der Waals surface area contributed by atoms with Gasteiger partial charge in [0, 0.05) is 5.56 Å². The highest BCUT2D eigenvalue weighted by Crippen LogP contribution is 2.25. The highest BCUT2D eigenvalue weighted by Gasteiger charge is 2.18. The van der Waals surface area contributed by atoms with Crippen molar-refractivity contribution in [1.29, 1.82) is 0 Å². The normalized spacial score (nSPS) is 11.1. The smallest absolute Gasteiger partial charge is 0.330 e. The maximum atomic E-state index is 12.2. The molecular formula is C16H20N2O4. The molecule has 6 heteroatoms. The summed E-state index contributed by atoms with van der Waals surface area (Å²) >= 11 is 0. The first kappa shape index (κ1) is 16.2. The van der Waals surface area contributed by atoms with E-state index in [0.717, 1.165) is 5.56 Å². The van der Waals surface area contributed by atoms with Gasteiger partial charge in [-0.3, -0.25) is 14.3 Å². The summed E-state index contributed by atoms with van der Waals surface area (Å²) in [4.78, 5) is 26.7. The molecule has 22 heavy (non-hydrogen) atoms. The molecule has 0 spiro atoms. The Kier molecular flexibility index (Phi) is 5.30. The van der Waals surface area contributed by atoms with Crippen molar-refractivity contribution in [1.82, 2.24) is 9.55 Å². The second kappa shape index (κ2) is 7.20. The lowest BCUT2D eigenvalue weighted by atomic mass is 9.98. The molecule has 2 N–H and O–H groups in total. The van der Waals surface area contributed by atoms with Crippen LogP contribution in [0.25, 0.3) is 11.3 Å². The van der Waals surface area contributed by atoms with Crippen LogP contribution in [-0.2, 0) is 11.5 Å². The Hall–Kier alpha value is -2.18. The maximum absolute atomic E-state index is 12.2. The molecule has 0 saturated carbocycles. The van der Waals surface area contributed by atoms with E-state index in [4.69, 9.17) is 9.84 Å². The Morgan fingerprint density at radius 3 is 2.50 bits per heavy atom. The van der Waals surface area contributed by atoms with Crippen LogP contribution in [0.2, 0.25) is 0 Å². The van der Waals surface area contributed by atoms with Crippen LogP contribution in [0.15, 0.2) is 39.9 Å². The fourth-order valence-corrected chi connectivity index (χ4v) is 2.37. The van der Waals surface area contributed by atoms with E-state index in [9.17, 15) is 9.59 Å². The van der Waals surface area contributed by atoms with Crippen LogP contribution in [-0.4, -0.2) is 27.9 Å². The zero-order valence-corrected chi connectivity index (χ0v) is 12.7. The van der Waals surface area contributed by atoms with Gasteiger partial charge in [0.15, 0.2) is 0 Å². The first-order valence-corrected chi connectivity index (χ1v) is 7.17. The molecule has 1 aromatic carbocycles. The van der Waals surface area contributed by atoms with E-state index >= 15 is 0 Å². The van der Waals surface area contributed by atoms with Gasteiger partial charge in [-0.25, -0.2) is 4.79 Å². The number of aromatic nitrogens is 2. The summed E-state index contributed by atoms with van der Waals surface area (Å²) in [6.45, 7) is 3.77. The quantitative estimate of drug-likeness (QED) is 0.788. The van der Waals surface area contributed by atoms with Gasteiger partial charge in [0.25, 0.3) is 5.56 Å². The van der Waals surface area contributed by atoms with Gasteiger partial charge in [-0.05, 0) is 11.5 Å². The summed E-state index contributed by atoms with van der Waals surface area (Å²) in [5.74, 6) is -0.0522. The molecule has 0 unspecified atom stereocenters. The third-order valence-corrected chi connectivity index (χ3v) is 3.32. The molecule has 0 bridgehead atoms. The molecule has 2 rings (SSSR count). The van der Waals surface area contributed by atoms with Gasteiger partial charge in [-0.2, -0.15) is 0 Å². The summed E-state index contributed by atoms with van der Waals surface area (Å²) in [6, 6.07) is 9.27. The van der Waals surface area contributed by atoms with Crippen molar-refractivity contribution in [2.24, 2.45) is 0 Å². The standard InChI is InChI=1S/C16H20N2O4/c1-11(2)13-14(12-6-4-3-5-7-12)18(10-22-9-8-19)16(21)17-15(13)20/h3-7,11,19H,8-10H2,1-2H3,(H,17,20,21).